The summed E-state index contributed by atoms with van der Waals surface area (Å²) < 4.78 is 80.7. The molecule has 0 saturated heterocycles. The highest BCUT2D eigenvalue weighted by Crippen LogP contribution is 2.51. The molecule has 0 saturated carbocycles. The minimum absolute atomic E-state index is 0.0931. The Hall–Kier alpha value is -2.03. The molecule has 0 radical (unpaired) electrons. The van der Waals surface area contributed by atoms with Crippen molar-refractivity contribution in [2.45, 2.75) is 50.7 Å². The van der Waals surface area contributed by atoms with Gasteiger partial charge in [0.25, 0.3) is 11.2 Å². The SMILES string of the molecule is Cc1cc(=O)n2c3c(cc(C(O)(C(F)(F)F)C(F)(F)F)cc13)CCC2C. The molecule has 0 spiro atoms. The topological polar surface area (TPSA) is 42.2 Å². The Bertz CT molecular complexity index is 927. The molecule has 9 heteroatoms. The van der Waals surface area contributed by atoms with E-state index in [1.807, 2.05) is 0 Å². The molecule has 3 rings (SSSR count). The molecule has 1 atom stereocenters. The lowest BCUT2D eigenvalue weighted by atomic mass is 9.86. The van der Waals surface area contributed by atoms with Gasteiger partial charge in [-0.05, 0) is 43.9 Å². The zero-order valence-electron chi connectivity index (χ0n) is 13.8. The van der Waals surface area contributed by atoms with E-state index in [4.69, 9.17) is 0 Å². The highest BCUT2D eigenvalue weighted by molar-refractivity contribution is 5.87. The van der Waals surface area contributed by atoms with Gasteiger partial charge in [0.15, 0.2) is 0 Å². The second kappa shape index (κ2) is 5.48. The molecule has 0 fully saturated rings. The lowest BCUT2D eigenvalue weighted by molar-refractivity contribution is -0.376. The number of rotatable bonds is 1. The summed E-state index contributed by atoms with van der Waals surface area (Å²) in [6.07, 6.45) is -11.3. The molecule has 0 bridgehead atoms. The third kappa shape index (κ3) is 2.44. The van der Waals surface area contributed by atoms with E-state index in [9.17, 15) is 36.2 Å². The van der Waals surface area contributed by atoms with Crippen LogP contribution >= 0.6 is 0 Å². The van der Waals surface area contributed by atoms with Crippen molar-refractivity contribution in [3.8, 4) is 0 Å². The van der Waals surface area contributed by atoms with Crippen LogP contribution in [0.5, 0.6) is 0 Å². The minimum Gasteiger partial charge on any atom is -0.369 e. The van der Waals surface area contributed by atoms with Crippen LogP contribution in [0.3, 0.4) is 0 Å². The number of hydrogen-bond acceptors (Lipinski definition) is 2. The molecular formula is C17H15F6NO2. The number of halogens is 6. The number of hydrogen-bond donors (Lipinski definition) is 1. The van der Waals surface area contributed by atoms with Gasteiger partial charge in [-0.25, -0.2) is 0 Å². The Morgan fingerprint density at radius 1 is 1.08 bits per heavy atom. The van der Waals surface area contributed by atoms with Gasteiger partial charge in [0.1, 0.15) is 0 Å². The molecule has 0 aliphatic carbocycles. The third-order valence-corrected chi connectivity index (χ3v) is 4.94. The van der Waals surface area contributed by atoms with E-state index in [1.165, 1.54) is 17.6 Å². The molecule has 1 aromatic carbocycles. The van der Waals surface area contributed by atoms with Crippen LogP contribution in [0.2, 0.25) is 0 Å². The van der Waals surface area contributed by atoms with Gasteiger partial charge >= 0.3 is 12.4 Å². The van der Waals surface area contributed by atoms with E-state index >= 15 is 0 Å². The van der Waals surface area contributed by atoms with Crippen molar-refractivity contribution in [3.05, 3.63) is 45.2 Å². The van der Waals surface area contributed by atoms with Crippen LogP contribution in [0.15, 0.2) is 23.0 Å². The van der Waals surface area contributed by atoms with Crippen LogP contribution in [0.1, 0.15) is 36.1 Å². The summed E-state index contributed by atoms with van der Waals surface area (Å²) in [6, 6.07) is 2.35. The second-order valence-electron chi connectivity index (χ2n) is 6.66. The Morgan fingerprint density at radius 3 is 2.19 bits per heavy atom. The van der Waals surface area contributed by atoms with Crippen LogP contribution in [0, 0.1) is 6.92 Å². The number of benzene rings is 1. The van der Waals surface area contributed by atoms with Gasteiger partial charge in [-0.15, -0.1) is 0 Å². The first-order valence-corrected chi connectivity index (χ1v) is 7.84. The summed E-state index contributed by atoms with van der Waals surface area (Å²) in [6.45, 7) is 3.20. The quantitative estimate of drug-likeness (QED) is 0.758. The van der Waals surface area contributed by atoms with Crippen molar-refractivity contribution in [2.75, 3.05) is 0 Å². The molecule has 142 valence electrons. The maximum Gasteiger partial charge on any atom is 0.430 e. The molecule has 1 aromatic heterocycles. The van der Waals surface area contributed by atoms with Gasteiger partial charge in [0.2, 0.25) is 0 Å². The van der Waals surface area contributed by atoms with Crippen LogP contribution in [0.25, 0.3) is 10.9 Å². The normalized spacial score (nSPS) is 18.4. The number of nitrogens with zero attached hydrogens (tertiary/aromatic N) is 1. The van der Waals surface area contributed by atoms with E-state index in [0.717, 1.165) is 0 Å². The fourth-order valence-corrected chi connectivity index (χ4v) is 3.54. The maximum absolute atomic E-state index is 13.2. The molecule has 0 amide bonds. The average Bonchev–Trinajstić information content (AvgIpc) is 2.49. The van der Waals surface area contributed by atoms with Gasteiger partial charge in [-0.2, -0.15) is 26.3 Å². The first-order chi connectivity index (χ1) is 11.8. The Balaban J connectivity index is 2.44. The van der Waals surface area contributed by atoms with Crippen LogP contribution in [-0.2, 0) is 12.0 Å². The van der Waals surface area contributed by atoms with E-state index in [2.05, 4.69) is 0 Å². The molecular weight excluding hydrogens is 364 g/mol. The molecule has 2 heterocycles. The summed E-state index contributed by atoms with van der Waals surface area (Å²) in [4.78, 5) is 12.2. The van der Waals surface area contributed by atoms with Crippen molar-refractivity contribution < 1.29 is 31.4 Å². The lowest BCUT2D eigenvalue weighted by Crippen LogP contribution is -2.54. The Morgan fingerprint density at radius 2 is 1.65 bits per heavy atom. The van der Waals surface area contributed by atoms with Gasteiger partial charge in [-0.1, -0.05) is 6.07 Å². The number of alkyl halides is 6. The first kappa shape index (κ1) is 18.8. The molecule has 1 aliphatic rings. The van der Waals surface area contributed by atoms with Crippen molar-refractivity contribution in [3.63, 3.8) is 0 Å². The summed E-state index contributed by atoms with van der Waals surface area (Å²) >= 11 is 0. The monoisotopic (exact) mass is 379 g/mol. The summed E-state index contributed by atoms with van der Waals surface area (Å²) in [7, 11) is 0. The van der Waals surface area contributed by atoms with Gasteiger partial charge in [0, 0.05) is 23.1 Å². The lowest BCUT2D eigenvalue weighted by Gasteiger charge is -2.34. The van der Waals surface area contributed by atoms with Gasteiger partial charge in [0.05, 0.1) is 5.52 Å². The number of pyridine rings is 1. The van der Waals surface area contributed by atoms with Crippen molar-refractivity contribution in [1.29, 1.82) is 0 Å². The molecule has 1 N–H and O–H groups in total. The largest absolute Gasteiger partial charge is 0.430 e. The predicted octanol–water partition coefficient (Wildman–Crippen LogP) is 4.13. The van der Waals surface area contributed by atoms with Crippen molar-refractivity contribution in [2.24, 2.45) is 0 Å². The van der Waals surface area contributed by atoms with Crippen LogP contribution in [0.4, 0.5) is 26.3 Å². The third-order valence-electron chi connectivity index (χ3n) is 4.94. The Labute approximate surface area is 143 Å². The Kier molecular flexibility index (Phi) is 3.95. The molecule has 26 heavy (non-hydrogen) atoms. The maximum atomic E-state index is 13.2. The van der Waals surface area contributed by atoms with E-state index in [0.29, 0.717) is 24.1 Å². The molecule has 1 aliphatic heterocycles. The van der Waals surface area contributed by atoms with E-state index in [1.54, 1.807) is 6.92 Å². The van der Waals surface area contributed by atoms with E-state index < -0.39 is 23.5 Å². The van der Waals surface area contributed by atoms with Crippen molar-refractivity contribution >= 4 is 10.9 Å². The number of aliphatic hydroxyl groups is 1. The standard InChI is InChI=1S/C17H15F6NO2/c1-8-5-13(25)24-9(2)3-4-10-6-11(7-12(8)14(10)24)15(26,16(18,19)20)17(21,22)23/h5-7,9,26H,3-4H2,1-2H3. The number of aryl methyl sites for hydroxylation is 2. The molecule has 1 unspecified atom stereocenters. The highest BCUT2D eigenvalue weighted by atomic mass is 19.4. The van der Waals surface area contributed by atoms with E-state index in [-0.39, 0.29) is 34.5 Å². The zero-order valence-corrected chi connectivity index (χ0v) is 13.8. The van der Waals surface area contributed by atoms with Gasteiger partial charge < -0.3 is 9.67 Å². The predicted molar refractivity (Wildman–Crippen MR) is 82.0 cm³/mol. The smallest absolute Gasteiger partial charge is 0.369 e. The minimum atomic E-state index is -5.95. The second-order valence-corrected chi connectivity index (χ2v) is 6.66. The number of aromatic nitrogens is 1. The molecule has 3 nitrogen and oxygen atoms in total. The fraction of sp³-hybridized carbons (Fsp3) is 0.471. The summed E-state index contributed by atoms with van der Waals surface area (Å²) in [5.41, 5.74) is -5.88. The van der Waals surface area contributed by atoms with Crippen LogP contribution in [-0.4, -0.2) is 22.0 Å². The summed E-state index contributed by atoms with van der Waals surface area (Å²) in [5.74, 6) is 0. The fourth-order valence-electron chi connectivity index (χ4n) is 3.54. The molecule has 2 aromatic rings. The van der Waals surface area contributed by atoms with Crippen molar-refractivity contribution in [1.82, 2.24) is 4.57 Å². The van der Waals surface area contributed by atoms with Gasteiger partial charge in [-0.3, -0.25) is 4.79 Å². The average molecular weight is 379 g/mol. The summed E-state index contributed by atoms with van der Waals surface area (Å²) in [5, 5.41) is 9.79. The van der Waals surface area contributed by atoms with Crippen LogP contribution < -0.4 is 5.56 Å². The first-order valence-electron chi connectivity index (χ1n) is 7.84. The highest BCUT2D eigenvalue weighted by Gasteiger charge is 2.71. The zero-order chi connectivity index (χ0) is 19.7.